The van der Waals surface area contributed by atoms with E-state index >= 15 is 0 Å². The number of ether oxygens (including phenoxy) is 4. The van der Waals surface area contributed by atoms with E-state index in [0.29, 0.717) is 12.8 Å². The van der Waals surface area contributed by atoms with Crippen LogP contribution in [0.4, 0.5) is 0 Å². The van der Waals surface area contributed by atoms with Crippen LogP contribution in [0.1, 0.15) is 30.5 Å². The zero-order chi connectivity index (χ0) is 18.5. The normalized spacial score (nSPS) is 13.2. The smallest absolute Gasteiger partial charge is 0.231 e. The summed E-state index contributed by atoms with van der Waals surface area (Å²) in [5.41, 5.74) is 1.92. The molecule has 1 N–H and O–H groups in total. The minimum atomic E-state index is -0.190. The topological polar surface area (TPSA) is 66.0 Å². The lowest BCUT2D eigenvalue weighted by Gasteiger charge is -2.18. The van der Waals surface area contributed by atoms with E-state index in [4.69, 9.17) is 18.9 Å². The highest BCUT2D eigenvalue weighted by Crippen LogP contribution is 2.33. The number of methoxy groups -OCH3 is 2. The van der Waals surface area contributed by atoms with Gasteiger partial charge in [0.05, 0.1) is 20.3 Å². The number of hydrogen-bond acceptors (Lipinski definition) is 5. The monoisotopic (exact) mass is 357 g/mol. The second-order valence-corrected chi connectivity index (χ2v) is 6.08. The van der Waals surface area contributed by atoms with E-state index in [1.54, 1.807) is 14.2 Å². The fourth-order valence-corrected chi connectivity index (χ4v) is 2.92. The predicted octanol–water partition coefficient (Wildman–Crippen LogP) is 3.24. The van der Waals surface area contributed by atoms with Crippen LogP contribution >= 0.6 is 0 Å². The summed E-state index contributed by atoms with van der Waals surface area (Å²) in [6, 6.07) is 11.1. The Labute approximate surface area is 153 Å². The number of nitrogens with one attached hydrogen (secondary N) is 1. The number of benzene rings is 2. The van der Waals surface area contributed by atoms with Crippen molar-refractivity contribution in [3.8, 4) is 23.0 Å². The van der Waals surface area contributed by atoms with Crippen LogP contribution in [0.5, 0.6) is 23.0 Å². The van der Waals surface area contributed by atoms with Crippen molar-refractivity contribution in [2.45, 2.75) is 25.8 Å². The number of amides is 1. The van der Waals surface area contributed by atoms with E-state index in [2.05, 4.69) is 5.32 Å². The molecule has 2 aromatic carbocycles. The molecule has 0 radical (unpaired) electrons. The molecular weight excluding hydrogens is 334 g/mol. The molecule has 6 heteroatoms. The van der Waals surface area contributed by atoms with Crippen molar-refractivity contribution in [2.24, 2.45) is 0 Å². The second-order valence-electron chi connectivity index (χ2n) is 6.08. The highest BCUT2D eigenvalue weighted by atomic mass is 16.7. The van der Waals surface area contributed by atoms with Crippen LogP contribution in [-0.4, -0.2) is 26.9 Å². The summed E-state index contributed by atoms with van der Waals surface area (Å²) in [5, 5.41) is 3.01. The Bertz CT molecular complexity index is 790. The first-order valence-electron chi connectivity index (χ1n) is 8.50. The third-order valence-corrected chi connectivity index (χ3v) is 4.36. The molecule has 1 atom stereocenters. The molecule has 6 nitrogen and oxygen atoms in total. The van der Waals surface area contributed by atoms with Crippen LogP contribution in [0.2, 0.25) is 0 Å². The van der Waals surface area contributed by atoms with Gasteiger partial charge in [-0.3, -0.25) is 4.79 Å². The molecule has 138 valence electrons. The molecule has 1 heterocycles. The number of aryl methyl sites for hydroxylation is 1. The molecule has 1 aliphatic heterocycles. The third kappa shape index (κ3) is 4.02. The van der Waals surface area contributed by atoms with Crippen LogP contribution in [0.3, 0.4) is 0 Å². The first-order valence-corrected chi connectivity index (χ1v) is 8.50. The van der Waals surface area contributed by atoms with Crippen molar-refractivity contribution in [3.05, 3.63) is 47.5 Å². The van der Waals surface area contributed by atoms with E-state index < -0.39 is 0 Å². The lowest BCUT2D eigenvalue weighted by atomic mass is 10.1. The average molecular weight is 357 g/mol. The Balaban J connectivity index is 1.59. The molecule has 3 rings (SSSR count). The number of carbonyl (C=O) groups is 1. The zero-order valence-electron chi connectivity index (χ0n) is 15.2. The Hall–Kier alpha value is -2.89. The summed E-state index contributed by atoms with van der Waals surface area (Å²) in [4.78, 5) is 12.3. The first kappa shape index (κ1) is 17.9. The van der Waals surface area contributed by atoms with Gasteiger partial charge in [-0.1, -0.05) is 6.07 Å². The number of carbonyl (C=O) groups excluding carboxylic acids is 1. The third-order valence-electron chi connectivity index (χ3n) is 4.36. The second kappa shape index (κ2) is 7.99. The maximum atomic E-state index is 12.3. The molecule has 0 aromatic heterocycles. The maximum absolute atomic E-state index is 12.3. The van der Waals surface area contributed by atoms with Crippen molar-refractivity contribution < 1.29 is 23.7 Å². The molecule has 0 saturated carbocycles. The van der Waals surface area contributed by atoms with E-state index in [0.717, 1.165) is 34.1 Å². The predicted molar refractivity (Wildman–Crippen MR) is 97.0 cm³/mol. The average Bonchev–Trinajstić information content (AvgIpc) is 3.13. The van der Waals surface area contributed by atoms with Gasteiger partial charge in [0.2, 0.25) is 12.7 Å². The molecule has 0 saturated heterocycles. The first-order chi connectivity index (χ1) is 12.6. The lowest BCUT2D eigenvalue weighted by Crippen LogP contribution is -2.27. The van der Waals surface area contributed by atoms with Crippen LogP contribution in [0.25, 0.3) is 0 Å². The molecule has 0 bridgehead atoms. The summed E-state index contributed by atoms with van der Waals surface area (Å²) in [5.74, 6) is 2.89. The van der Waals surface area contributed by atoms with E-state index in [9.17, 15) is 4.79 Å². The van der Waals surface area contributed by atoms with Gasteiger partial charge in [-0.15, -0.1) is 0 Å². The largest absolute Gasteiger partial charge is 0.497 e. The Morgan fingerprint density at radius 3 is 2.69 bits per heavy atom. The molecule has 0 aliphatic carbocycles. The maximum Gasteiger partial charge on any atom is 0.231 e. The lowest BCUT2D eigenvalue weighted by molar-refractivity contribution is -0.121. The summed E-state index contributed by atoms with van der Waals surface area (Å²) in [6.07, 6.45) is 1.01. The SMILES string of the molecule is COc1ccc(OC)c([C@H](C)NC(=O)CCc2ccc3c(c2)OCO3)c1. The minimum absolute atomic E-state index is 0.0277. The van der Waals surface area contributed by atoms with Crippen LogP contribution < -0.4 is 24.3 Å². The van der Waals surface area contributed by atoms with Crippen molar-refractivity contribution in [3.63, 3.8) is 0 Å². The molecule has 0 fully saturated rings. The van der Waals surface area contributed by atoms with Gasteiger partial charge in [0.25, 0.3) is 0 Å². The Kier molecular flexibility index (Phi) is 5.51. The van der Waals surface area contributed by atoms with Crippen LogP contribution in [0.15, 0.2) is 36.4 Å². The fraction of sp³-hybridized carbons (Fsp3) is 0.350. The standard InChI is InChI=1S/C20H23NO5/c1-13(16-11-15(23-2)6-8-17(16)24-3)21-20(22)9-5-14-4-7-18-19(10-14)26-12-25-18/h4,6-8,10-11,13H,5,9,12H2,1-3H3,(H,21,22)/t13-/m0/s1. The van der Waals surface area contributed by atoms with Gasteiger partial charge in [-0.05, 0) is 49.2 Å². The quantitative estimate of drug-likeness (QED) is 0.824. The van der Waals surface area contributed by atoms with Crippen LogP contribution in [0, 0.1) is 0 Å². The molecule has 1 amide bonds. The van der Waals surface area contributed by atoms with Gasteiger partial charge in [-0.25, -0.2) is 0 Å². The number of rotatable bonds is 7. The van der Waals surface area contributed by atoms with Gasteiger partial charge in [0, 0.05) is 12.0 Å². The molecule has 1 aliphatic rings. The van der Waals surface area contributed by atoms with Crippen molar-refractivity contribution in [2.75, 3.05) is 21.0 Å². The number of fused-ring (bicyclic) bond motifs is 1. The van der Waals surface area contributed by atoms with Gasteiger partial charge < -0.3 is 24.3 Å². The molecular formula is C20H23NO5. The van der Waals surface area contributed by atoms with E-state index in [-0.39, 0.29) is 18.7 Å². The fourth-order valence-electron chi connectivity index (χ4n) is 2.92. The Morgan fingerprint density at radius 2 is 1.92 bits per heavy atom. The van der Waals surface area contributed by atoms with E-state index in [1.165, 1.54) is 0 Å². The Morgan fingerprint density at radius 1 is 1.12 bits per heavy atom. The van der Waals surface area contributed by atoms with Gasteiger partial charge >= 0.3 is 0 Å². The number of hydrogen-bond donors (Lipinski definition) is 1. The van der Waals surface area contributed by atoms with Gasteiger partial charge in [0.1, 0.15) is 11.5 Å². The highest BCUT2D eigenvalue weighted by molar-refractivity contribution is 5.77. The molecule has 26 heavy (non-hydrogen) atoms. The van der Waals surface area contributed by atoms with Gasteiger partial charge in [-0.2, -0.15) is 0 Å². The summed E-state index contributed by atoms with van der Waals surface area (Å²) in [7, 11) is 3.22. The van der Waals surface area contributed by atoms with Crippen molar-refractivity contribution >= 4 is 5.91 Å². The van der Waals surface area contributed by atoms with Gasteiger partial charge in [0.15, 0.2) is 11.5 Å². The molecule has 0 unspecified atom stereocenters. The summed E-state index contributed by atoms with van der Waals surface area (Å²) >= 11 is 0. The zero-order valence-corrected chi connectivity index (χ0v) is 15.2. The van der Waals surface area contributed by atoms with E-state index in [1.807, 2.05) is 43.3 Å². The minimum Gasteiger partial charge on any atom is -0.497 e. The molecule has 0 spiro atoms. The highest BCUT2D eigenvalue weighted by Gasteiger charge is 2.16. The van der Waals surface area contributed by atoms with Crippen molar-refractivity contribution in [1.82, 2.24) is 5.32 Å². The van der Waals surface area contributed by atoms with Crippen LogP contribution in [-0.2, 0) is 11.2 Å². The summed E-state index contributed by atoms with van der Waals surface area (Å²) < 4.78 is 21.3. The summed E-state index contributed by atoms with van der Waals surface area (Å²) in [6.45, 7) is 2.18. The van der Waals surface area contributed by atoms with Crippen molar-refractivity contribution in [1.29, 1.82) is 0 Å². The molecule has 2 aromatic rings.